The van der Waals surface area contributed by atoms with Crippen LogP contribution in [-0.4, -0.2) is 32.5 Å². The van der Waals surface area contributed by atoms with E-state index >= 15 is 0 Å². The number of amides is 1. The Morgan fingerprint density at radius 3 is 2.47 bits per heavy atom. The van der Waals surface area contributed by atoms with Crippen molar-refractivity contribution in [2.75, 3.05) is 13.7 Å². The highest BCUT2D eigenvalue weighted by atomic mass is 35.5. The fourth-order valence-corrected chi connectivity index (χ4v) is 5.63. The molecule has 4 rings (SSSR count). The van der Waals surface area contributed by atoms with Crippen LogP contribution in [0.4, 0.5) is 0 Å². The van der Waals surface area contributed by atoms with Gasteiger partial charge in [0, 0.05) is 28.7 Å². The number of carbonyl (C=O) groups is 1. The van der Waals surface area contributed by atoms with Gasteiger partial charge in [-0.2, -0.15) is 0 Å². The van der Waals surface area contributed by atoms with Crippen molar-refractivity contribution in [1.29, 1.82) is 0 Å². The van der Waals surface area contributed by atoms with E-state index in [1.54, 1.807) is 54.3 Å². The normalized spacial score (nSPS) is 11.5. The average Bonchev–Trinajstić information content (AvgIpc) is 3.20. The standard InChI is InChI=1S/C26H25ClN2O4S/c1-33-24-9-5-2-6-20(24)14-15-28-26(30)17-29-16-25(22-7-3-4-8-23(22)29)34(31,32)18-19-10-12-21(27)13-11-19/h2-13,16H,14-15,17-18H2,1H3,(H,28,30). The predicted octanol–water partition coefficient (Wildman–Crippen LogP) is 4.64. The smallest absolute Gasteiger partial charge is 0.239 e. The number of aromatic nitrogens is 1. The van der Waals surface area contributed by atoms with Crippen molar-refractivity contribution in [1.82, 2.24) is 9.88 Å². The van der Waals surface area contributed by atoms with Crippen LogP contribution in [0.1, 0.15) is 11.1 Å². The Labute approximate surface area is 204 Å². The van der Waals surface area contributed by atoms with Crippen molar-refractivity contribution in [2.24, 2.45) is 0 Å². The van der Waals surface area contributed by atoms with Gasteiger partial charge < -0.3 is 14.6 Å². The van der Waals surface area contributed by atoms with Crippen LogP contribution in [0, 0.1) is 0 Å². The zero-order valence-corrected chi connectivity index (χ0v) is 20.3. The molecule has 1 amide bonds. The van der Waals surface area contributed by atoms with Crippen LogP contribution in [0.5, 0.6) is 5.75 Å². The molecule has 0 saturated carbocycles. The number of nitrogens with one attached hydrogen (secondary N) is 1. The molecule has 34 heavy (non-hydrogen) atoms. The van der Waals surface area contributed by atoms with E-state index in [2.05, 4.69) is 5.32 Å². The average molecular weight is 497 g/mol. The SMILES string of the molecule is COc1ccccc1CCNC(=O)Cn1cc(S(=O)(=O)Cc2ccc(Cl)cc2)c2ccccc21. The fourth-order valence-electron chi connectivity index (χ4n) is 3.93. The Balaban J connectivity index is 1.50. The summed E-state index contributed by atoms with van der Waals surface area (Å²) in [6.07, 6.45) is 2.18. The number of ether oxygens (including phenoxy) is 1. The first-order valence-corrected chi connectivity index (χ1v) is 12.8. The Hall–Kier alpha value is -3.29. The number of hydrogen-bond acceptors (Lipinski definition) is 4. The Kier molecular flexibility index (Phi) is 7.24. The van der Waals surface area contributed by atoms with Crippen LogP contribution < -0.4 is 10.1 Å². The third kappa shape index (κ3) is 5.43. The van der Waals surface area contributed by atoms with Crippen molar-refractivity contribution in [3.63, 3.8) is 0 Å². The Morgan fingerprint density at radius 1 is 1.00 bits per heavy atom. The van der Waals surface area contributed by atoms with Gasteiger partial charge in [0.2, 0.25) is 5.91 Å². The summed E-state index contributed by atoms with van der Waals surface area (Å²) < 4.78 is 33.5. The quantitative estimate of drug-likeness (QED) is 0.366. The summed E-state index contributed by atoms with van der Waals surface area (Å²) >= 11 is 5.92. The van der Waals surface area contributed by atoms with Crippen molar-refractivity contribution in [3.8, 4) is 5.75 Å². The summed E-state index contributed by atoms with van der Waals surface area (Å²) in [5.74, 6) is 0.435. The Bertz CT molecular complexity index is 1410. The van der Waals surface area contributed by atoms with Crippen LogP contribution >= 0.6 is 11.6 Å². The number of sulfone groups is 1. The highest BCUT2D eigenvalue weighted by molar-refractivity contribution is 7.90. The van der Waals surface area contributed by atoms with Crippen molar-refractivity contribution >= 4 is 38.2 Å². The minimum Gasteiger partial charge on any atom is -0.496 e. The summed E-state index contributed by atoms with van der Waals surface area (Å²) in [4.78, 5) is 12.9. The van der Waals surface area contributed by atoms with Gasteiger partial charge in [0.1, 0.15) is 12.3 Å². The van der Waals surface area contributed by atoms with Crippen LogP contribution in [0.15, 0.2) is 83.9 Å². The molecule has 0 bridgehead atoms. The van der Waals surface area contributed by atoms with Gasteiger partial charge in [-0.3, -0.25) is 4.79 Å². The number of hydrogen-bond donors (Lipinski definition) is 1. The van der Waals surface area contributed by atoms with E-state index in [4.69, 9.17) is 16.3 Å². The molecule has 8 heteroatoms. The number of carbonyl (C=O) groups excluding carboxylic acids is 1. The molecule has 1 heterocycles. The minimum atomic E-state index is -3.64. The molecule has 0 atom stereocenters. The maximum Gasteiger partial charge on any atom is 0.239 e. The topological polar surface area (TPSA) is 77.4 Å². The Morgan fingerprint density at radius 2 is 1.71 bits per heavy atom. The molecule has 0 aliphatic carbocycles. The lowest BCUT2D eigenvalue weighted by molar-refractivity contribution is -0.121. The van der Waals surface area contributed by atoms with Gasteiger partial charge in [-0.1, -0.05) is 60.1 Å². The second-order valence-electron chi connectivity index (χ2n) is 7.94. The summed E-state index contributed by atoms with van der Waals surface area (Å²) in [7, 11) is -2.02. The lowest BCUT2D eigenvalue weighted by Crippen LogP contribution is -2.29. The van der Waals surface area contributed by atoms with Gasteiger partial charge in [-0.25, -0.2) is 8.42 Å². The number of rotatable bonds is 9. The second-order valence-corrected chi connectivity index (χ2v) is 10.3. The highest BCUT2D eigenvalue weighted by Gasteiger charge is 2.22. The largest absolute Gasteiger partial charge is 0.496 e. The first-order chi connectivity index (χ1) is 16.4. The molecular formula is C26H25ClN2O4S. The summed E-state index contributed by atoms with van der Waals surface area (Å²) in [5, 5.41) is 4.06. The molecule has 1 aromatic heterocycles. The van der Waals surface area contributed by atoms with E-state index in [0.717, 1.165) is 11.3 Å². The van der Waals surface area contributed by atoms with Gasteiger partial charge in [0.25, 0.3) is 0 Å². The number of methoxy groups -OCH3 is 1. The predicted molar refractivity (Wildman–Crippen MR) is 134 cm³/mol. The second kappa shape index (κ2) is 10.3. The zero-order chi connectivity index (χ0) is 24.1. The minimum absolute atomic E-state index is 0.0168. The van der Waals surface area contributed by atoms with Crippen molar-refractivity contribution in [3.05, 3.63) is 95.1 Å². The fraction of sp³-hybridized carbons (Fsp3) is 0.192. The van der Waals surface area contributed by atoms with E-state index in [1.165, 1.54) is 0 Å². The number of halogens is 1. The van der Waals surface area contributed by atoms with Crippen molar-refractivity contribution in [2.45, 2.75) is 23.6 Å². The molecule has 0 fully saturated rings. The molecule has 3 aromatic carbocycles. The monoisotopic (exact) mass is 496 g/mol. The molecule has 0 unspecified atom stereocenters. The molecule has 0 saturated heterocycles. The summed E-state index contributed by atoms with van der Waals surface area (Å²) in [5.41, 5.74) is 2.35. The summed E-state index contributed by atoms with van der Waals surface area (Å²) in [6, 6.07) is 21.6. The van der Waals surface area contributed by atoms with E-state index in [-0.39, 0.29) is 23.1 Å². The maximum absolute atomic E-state index is 13.2. The third-order valence-electron chi connectivity index (χ3n) is 5.58. The zero-order valence-electron chi connectivity index (χ0n) is 18.7. The van der Waals surface area contributed by atoms with Gasteiger partial charge in [-0.15, -0.1) is 0 Å². The van der Waals surface area contributed by atoms with Crippen LogP contribution in [-0.2, 0) is 33.4 Å². The molecule has 4 aromatic rings. The molecule has 0 radical (unpaired) electrons. The van der Waals surface area contributed by atoms with Gasteiger partial charge >= 0.3 is 0 Å². The lowest BCUT2D eigenvalue weighted by atomic mass is 10.1. The van der Waals surface area contributed by atoms with Gasteiger partial charge in [0.15, 0.2) is 9.84 Å². The molecular weight excluding hydrogens is 472 g/mol. The van der Waals surface area contributed by atoms with Crippen LogP contribution in [0.2, 0.25) is 5.02 Å². The van der Waals surface area contributed by atoms with Gasteiger partial charge in [-0.05, 0) is 41.8 Å². The molecule has 0 spiro atoms. The van der Waals surface area contributed by atoms with Crippen molar-refractivity contribution < 1.29 is 17.9 Å². The number of fused-ring (bicyclic) bond motifs is 1. The first kappa shape index (κ1) is 23.9. The molecule has 0 aliphatic heterocycles. The highest BCUT2D eigenvalue weighted by Crippen LogP contribution is 2.28. The van der Waals surface area contributed by atoms with E-state index in [1.807, 2.05) is 36.4 Å². The number of para-hydroxylation sites is 2. The maximum atomic E-state index is 13.2. The third-order valence-corrected chi connectivity index (χ3v) is 7.54. The van der Waals surface area contributed by atoms with Gasteiger partial charge in [0.05, 0.1) is 17.8 Å². The lowest BCUT2D eigenvalue weighted by Gasteiger charge is -2.10. The molecule has 0 aliphatic rings. The number of nitrogens with zero attached hydrogens (tertiary/aromatic N) is 1. The molecule has 176 valence electrons. The van der Waals surface area contributed by atoms with Crippen LogP contribution in [0.25, 0.3) is 10.9 Å². The van der Waals surface area contributed by atoms with Crippen LogP contribution in [0.3, 0.4) is 0 Å². The molecule has 6 nitrogen and oxygen atoms in total. The molecule has 1 N–H and O–H groups in total. The summed E-state index contributed by atoms with van der Waals surface area (Å²) in [6.45, 7) is 0.461. The van der Waals surface area contributed by atoms with E-state index in [0.29, 0.717) is 34.5 Å². The van der Waals surface area contributed by atoms with E-state index in [9.17, 15) is 13.2 Å². The number of benzene rings is 3. The first-order valence-electron chi connectivity index (χ1n) is 10.8. The van der Waals surface area contributed by atoms with E-state index < -0.39 is 9.84 Å².